The molecule has 50 valence electrons. The Hall–Kier alpha value is -0.440. The van der Waals surface area contributed by atoms with E-state index in [2.05, 4.69) is 29.5 Å². The molecule has 3 heteroatoms. The molecule has 0 aliphatic rings. The first-order valence-corrected chi connectivity index (χ1v) is 3.62. The van der Waals surface area contributed by atoms with Crippen molar-refractivity contribution in [3.05, 3.63) is 11.9 Å². The van der Waals surface area contributed by atoms with Gasteiger partial charge in [0.25, 0.3) is 0 Å². The predicted molar refractivity (Wildman–Crippen MR) is 38.6 cm³/mol. The average Bonchev–Trinajstić information content (AvgIpc) is 2.08. The Kier molecular flexibility index (Phi) is 1.53. The van der Waals surface area contributed by atoms with Crippen LogP contribution in [0, 0.1) is 0 Å². The summed E-state index contributed by atoms with van der Waals surface area (Å²) in [6, 6.07) is 0. The lowest BCUT2D eigenvalue weighted by atomic mass is 9.93. The number of rotatable bonds is 0. The van der Waals surface area contributed by atoms with E-state index in [9.17, 15) is 0 Å². The van der Waals surface area contributed by atoms with Crippen molar-refractivity contribution in [3.8, 4) is 0 Å². The predicted octanol–water partition coefficient (Wildman–Crippen LogP) is 1.84. The third-order valence-electron chi connectivity index (χ3n) is 1.13. The van der Waals surface area contributed by atoms with Crippen molar-refractivity contribution >= 4 is 11.7 Å². The smallest absolute Gasteiger partial charge is 0.0796 e. The van der Waals surface area contributed by atoms with Crippen LogP contribution in [0.4, 0.5) is 0 Å². The van der Waals surface area contributed by atoms with Gasteiger partial charge in [0, 0.05) is 5.41 Å². The Morgan fingerprint density at radius 3 is 2.33 bits per heavy atom. The van der Waals surface area contributed by atoms with Gasteiger partial charge in [0.1, 0.15) is 0 Å². The van der Waals surface area contributed by atoms with Crippen LogP contribution in [0.15, 0.2) is 6.20 Å². The zero-order valence-corrected chi connectivity index (χ0v) is 6.70. The largest absolute Gasteiger partial charge is 0.181 e. The minimum atomic E-state index is 0.160. The minimum absolute atomic E-state index is 0.160. The van der Waals surface area contributed by atoms with E-state index >= 15 is 0 Å². The molecule has 0 fully saturated rings. The fraction of sp³-hybridized carbons (Fsp3) is 0.667. The molecule has 0 amide bonds. The Labute approximate surface area is 59.3 Å². The molecule has 1 heterocycles. The van der Waals surface area contributed by atoms with E-state index in [1.54, 1.807) is 0 Å². The Bertz CT molecular complexity index is 173. The van der Waals surface area contributed by atoms with Gasteiger partial charge in [-0.1, -0.05) is 20.8 Å². The number of aromatic nitrogens is 2. The lowest BCUT2D eigenvalue weighted by Gasteiger charge is -2.12. The molecule has 0 spiro atoms. The highest BCUT2D eigenvalue weighted by Crippen LogP contribution is 2.18. The van der Waals surface area contributed by atoms with Gasteiger partial charge in [-0.2, -0.15) is 8.75 Å². The van der Waals surface area contributed by atoms with E-state index in [4.69, 9.17) is 0 Å². The van der Waals surface area contributed by atoms with Gasteiger partial charge >= 0.3 is 0 Å². The van der Waals surface area contributed by atoms with Crippen LogP contribution in [0.3, 0.4) is 0 Å². The molecule has 0 N–H and O–H groups in total. The quantitative estimate of drug-likeness (QED) is 0.552. The molecule has 2 nitrogen and oxygen atoms in total. The summed E-state index contributed by atoms with van der Waals surface area (Å²) in [5, 5.41) is 0. The van der Waals surface area contributed by atoms with E-state index in [1.165, 1.54) is 11.7 Å². The normalized spacial score (nSPS) is 11.9. The molecule has 0 aliphatic heterocycles. The van der Waals surface area contributed by atoms with Gasteiger partial charge in [0.05, 0.1) is 23.6 Å². The number of hydrogen-bond acceptors (Lipinski definition) is 3. The first kappa shape index (κ1) is 6.68. The highest BCUT2D eigenvalue weighted by atomic mass is 32.1. The van der Waals surface area contributed by atoms with Crippen LogP contribution in [-0.4, -0.2) is 8.75 Å². The van der Waals surface area contributed by atoms with Crippen LogP contribution in [0.1, 0.15) is 26.5 Å². The standard InChI is InChI=1S/C6H10N2S/c1-6(2,3)5-4-7-9-8-5/h4H,1-3H3. The maximum atomic E-state index is 4.12. The second-order valence-corrected chi connectivity index (χ2v) is 3.60. The van der Waals surface area contributed by atoms with E-state index in [0.717, 1.165) is 5.69 Å². The van der Waals surface area contributed by atoms with Crippen LogP contribution < -0.4 is 0 Å². The zero-order valence-electron chi connectivity index (χ0n) is 5.88. The van der Waals surface area contributed by atoms with Crippen LogP contribution in [0.2, 0.25) is 0 Å². The van der Waals surface area contributed by atoms with Crippen molar-refractivity contribution < 1.29 is 0 Å². The summed E-state index contributed by atoms with van der Waals surface area (Å²) in [6.45, 7) is 6.39. The summed E-state index contributed by atoms with van der Waals surface area (Å²) in [6.07, 6.45) is 1.82. The van der Waals surface area contributed by atoms with Gasteiger partial charge < -0.3 is 0 Å². The van der Waals surface area contributed by atoms with Gasteiger partial charge in [-0.25, -0.2) is 0 Å². The second-order valence-electron chi connectivity index (χ2n) is 3.04. The monoisotopic (exact) mass is 142 g/mol. The summed E-state index contributed by atoms with van der Waals surface area (Å²) in [5.41, 5.74) is 1.24. The molecule has 9 heavy (non-hydrogen) atoms. The highest BCUT2D eigenvalue weighted by molar-refractivity contribution is 6.99. The zero-order chi connectivity index (χ0) is 6.91. The molecule has 0 atom stereocenters. The minimum Gasteiger partial charge on any atom is -0.181 e. The summed E-state index contributed by atoms with van der Waals surface area (Å²) in [7, 11) is 0. The summed E-state index contributed by atoms with van der Waals surface area (Å²) in [4.78, 5) is 0. The Morgan fingerprint density at radius 1 is 1.44 bits per heavy atom. The molecular formula is C6H10N2S. The van der Waals surface area contributed by atoms with Crippen LogP contribution in [0.5, 0.6) is 0 Å². The first-order valence-electron chi connectivity index (χ1n) is 2.89. The van der Waals surface area contributed by atoms with E-state index < -0.39 is 0 Å². The van der Waals surface area contributed by atoms with Crippen molar-refractivity contribution in [1.82, 2.24) is 8.75 Å². The van der Waals surface area contributed by atoms with Crippen molar-refractivity contribution in [2.75, 3.05) is 0 Å². The number of nitrogens with zero attached hydrogens (tertiary/aromatic N) is 2. The average molecular weight is 142 g/mol. The Morgan fingerprint density at radius 2 is 2.11 bits per heavy atom. The summed E-state index contributed by atoms with van der Waals surface area (Å²) in [5.74, 6) is 0. The van der Waals surface area contributed by atoms with Crippen molar-refractivity contribution in [2.24, 2.45) is 0 Å². The fourth-order valence-corrected chi connectivity index (χ4v) is 1.10. The lowest BCUT2D eigenvalue weighted by Crippen LogP contribution is -2.10. The van der Waals surface area contributed by atoms with E-state index in [1.807, 2.05) is 6.20 Å². The molecule has 0 aliphatic carbocycles. The molecule has 0 saturated heterocycles. The lowest BCUT2D eigenvalue weighted by molar-refractivity contribution is 0.575. The maximum Gasteiger partial charge on any atom is 0.0796 e. The van der Waals surface area contributed by atoms with Crippen molar-refractivity contribution in [2.45, 2.75) is 26.2 Å². The van der Waals surface area contributed by atoms with E-state index in [0.29, 0.717) is 0 Å². The van der Waals surface area contributed by atoms with Gasteiger partial charge in [-0.05, 0) is 0 Å². The van der Waals surface area contributed by atoms with Crippen LogP contribution >= 0.6 is 11.7 Å². The highest BCUT2D eigenvalue weighted by Gasteiger charge is 2.15. The van der Waals surface area contributed by atoms with Gasteiger partial charge in [-0.3, -0.25) is 0 Å². The molecule has 0 radical (unpaired) electrons. The van der Waals surface area contributed by atoms with Crippen molar-refractivity contribution in [1.29, 1.82) is 0 Å². The van der Waals surface area contributed by atoms with Gasteiger partial charge in [0.15, 0.2) is 0 Å². The third kappa shape index (κ3) is 1.48. The Balaban J connectivity index is 2.90. The third-order valence-corrected chi connectivity index (χ3v) is 1.61. The van der Waals surface area contributed by atoms with Crippen LogP contribution in [-0.2, 0) is 5.41 Å². The number of hydrogen-bond donors (Lipinski definition) is 0. The summed E-state index contributed by atoms with van der Waals surface area (Å²) < 4.78 is 8.04. The molecule has 0 aromatic carbocycles. The second kappa shape index (κ2) is 2.06. The molecule has 0 bridgehead atoms. The molecule has 1 rings (SSSR count). The van der Waals surface area contributed by atoms with Gasteiger partial charge in [0.2, 0.25) is 0 Å². The van der Waals surface area contributed by atoms with Gasteiger partial charge in [-0.15, -0.1) is 0 Å². The molecule has 1 aromatic heterocycles. The van der Waals surface area contributed by atoms with E-state index in [-0.39, 0.29) is 5.41 Å². The molecule has 1 aromatic rings. The van der Waals surface area contributed by atoms with Crippen molar-refractivity contribution in [3.63, 3.8) is 0 Å². The molecule has 0 saturated carbocycles. The SMILES string of the molecule is CC(C)(C)c1cnsn1. The fourth-order valence-electron chi connectivity index (χ4n) is 0.495. The molecular weight excluding hydrogens is 132 g/mol. The maximum absolute atomic E-state index is 4.12. The first-order chi connectivity index (χ1) is 4.11. The topological polar surface area (TPSA) is 25.8 Å². The summed E-state index contributed by atoms with van der Waals surface area (Å²) >= 11 is 1.27. The molecule has 0 unspecified atom stereocenters. The van der Waals surface area contributed by atoms with Crippen LogP contribution in [0.25, 0.3) is 0 Å².